The number of halogens is 2. The second kappa shape index (κ2) is 10.0. The molecule has 0 spiro atoms. The van der Waals surface area contributed by atoms with Gasteiger partial charge >= 0.3 is 0 Å². The Labute approximate surface area is 175 Å². The summed E-state index contributed by atoms with van der Waals surface area (Å²) >= 11 is 0. The molecule has 0 fully saturated rings. The van der Waals surface area contributed by atoms with Crippen molar-refractivity contribution < 1.29 is 13.0 Å². The van der Waals surface area contributed by atoms with Crippen LogP contribution in [0.3, 0.4) is 0 Å². The molecule has 0 radical (unpaired) electrons. The molecule has 0 aliphatic carbocycles. The summed E-state index contributed by atoms with van der Waals surface area (Å²) < 4.78 is 42.8. The van der Waals surface area contributed by atoms with Gasteiger partial charge in [-0.25, -0.2) is 13.6 Å². The van der Waals surface area contributed by atoms with Crippen LogP contribution in [0.4, 0.5) is 20.3 Å². The summed E-state index contributed by atoms with van der Waals surface area (Å²) in [6, 6.07) is 14.3. The van der Waals surface area contributed by atoms with E-state index < -0.39 is 22.8 Å². The first kappa shape index (κ1) is 21.5. The lowest BCUT2D eigenvalue weighted by molar-refractivity contribution is 0.585. The van der Waals surface area contributed by atoms with Gasteiger partial charge in [-0.05, 0) is 48.4 Å². The van der Waals surface area contributed by atoms with Crippen molar-refractivity contribution in [2.45, 2.75) is 17.9 Å². The minimum absolute atomic E-state index is 0.0165. The minimum Gasteiger partial charge on any atom is -0.380 e. The van der Waals surface area contributed by atoms with E-state index in [9.17, 15) is 13.0 Å². The molecule has 6 nitrogen and oxygen atoms in total. The fourth-order valence-electron chi connectivity index (χ4n) is 2.92. The normalized spacial score (nSPS) is 11.7. The van der Waals surface area contributed by atoms with Crippen LogP contribution in [0.1, 0.15) is 16.7 Å². The van der Waals surface area contributed by atoms with Crippen LogP contribution in [-0.4, -0.2) is 22.0 Å². The largest absolute Gasteiger partial charge is 0.380 e. The first-order chi connectivity index (χ1) is 14.5. The molecule has 0 saturated heterocycles. The highest BCUT2D eigenvalue weighted by molar-refractivity contribution is 7.86. The van der Waals surface area contributed by atoms with Crippen LogP contribution in [0.25, 0.3) is 0 Å². The minimum atomic E-state index is -2.02. The van der Waals surface area contributed by atoms with E-state index in [0.717, 1.165) is 29.8 Å². The first-order valence-corrected chi connectivity index (χ1v) is 10.3. The molecule has 2 aromatic carbocycles. The van der Waals surface area contributed by atoms with Crippen LogP contribution in [0.2, 0.25) is 0 Å². The van der Waals surface area contributed by atoms with Crippen LogP contribution in [-0.2, 0) is 24.0 Å². The zero-order valence-corrected chi connectivity index (χ0v) is 16.8. The number of pyridine rings is 1. The molecule has 0 bridgehead atoms. The smallest absolute Gasteiger partial charge is 0.214 e. The van der Waals surface area contributed by atoms with Crippen LogP contribution in [0.5, 0.6) is 0 Å². The second-order valence-corrected chi connectivity index (χ2v) is 7.57. The Morgan fingerprint density at radius 1 is 1.10 bits per heavy atom. The molecule has 1 unspecified atom stereocenters. The van der Waals surface area contributed by atoms with Crippen molar-refractivity contribution >= 4 is 28.7 Å². The number of anilines is 2. The number of nitrogens with zero attached hydrogens (tertiary/aromatic N) is 1. The summed E-state index contributed by atoms with van der Waals surface area (Å²) in [5.41, 5.74) is 8.53. The third-order valence-corrected chi connectivity index (χ3v) is 5.48. The van der Waals surface area contributed by atoms with Gasteiger partial charge in [0, 0.05) is 24.0 Å². The van der Waals surface area contributed by atoms with Gasteiger partial charge in [0.25, 0.3) is 0 Å². The summed E-state index contributed by atoms with van der Waals surface area (Å²) in [5, 5.41) is 10.8. The molecule has 5 N–H and O–H groups in total. The highest BCUT2D eigenvalue weighted by Gasteiger charge is 2.15. The zero-order valence-electron chi connectivity index (χ0n) is 16.0. The van der Waals surface area contributed by atoms with E-state index in [1.807, 2.05) is 24.3 Å². The number of nitrogens with one attached hydrogen (secondary N) is 3. The summed E-state index contributed by atoms with van der Waals surface area (Å²) in [4.78, 5) is 3.40. The Morgan fingerprint density at radius 2 is 1.87 bits per heavy atom. The van der Waals surface area contributed by atoms with E-state index in [2.05, 4.69) is 15.0 Å². The van der Waals surface area contributed by atoms with Gasteiger partial charge in [0.2, 0.25) is 5.95 Å². The Morgan fingerprint density at radius 3 is 2.57 bits per heavy atom. The van der Waals surface area contributed by atoms with Crippen molar-refractivity contribution in [1.29, 1.82) is 5.41 Å². The Bertz CT molecular complexity index is 1080. The van der Waals surface area contributed by atoms with Crippen molar-refractivity contribution in [3.05, 3.63) is 83.1 Å². The average molecular weight is 429 g/mol. The summed E-state index contributed by atoms with van der Waals surface area (Å²) in [6.45, 7) is 0.940. The Hall–Kier alpha value is -3.17. The fraction of sp³-hybridized carbons (Fsp3) is 0.143. The molecule has 1 atom stereocenters. The molecule has 1 heterocycles. The third kappa shape index (κ3) is 5.25. The van der Waals surface area contributed by atoms with Crippen LogP contribution in [0.15, 0.2) is 59.5 Å². The number of aromatic nitrogens is 1. The summed E-state index contributed by atoms with van der Waals surface area (Å²) in [5.74, 6) is -1.45. The summed E-state index contributed by atoms with van der Waals surface area (Å²) in [6.07, 6.45) is 1.77. The first-order valence-electron chi connectivity index (χ1n) is 9.17. The van der Waals surface area contributed by atoms with E-state index in [1.165, 1.54) is 24.3 Å². The maximum Gasteiger partial charge on any atom is 0.214 e. The number of hydrogen-bond acceptors (Lipinski definition) is 5. The van der Waals surface area contributed by atoms with Gasteiger partial charge in [0.1, 0.15) is 11.6 Å². The van der Waals surface area contributed by atoms with E-state index >= 15 is 0 Å². The molecule has 3 rings (SSSR count). The van der Waals surface area contributed by atoms with Gasteiger partial charge in [-0.3, -0.25) is 4.72 Å². The lowest BCUT2D eigenvalue weighted by Crippen LogP contribution is -2.11. The van der Waals surface area contributed by atoms with E-state index in [0.29, 0.717) is 24.3 Å². The molecule has 0 amide bonds. The number of nitrogens with two attached hydrogens (primary N) is 1. The molecule has 0 saturated carbocycles. The van der Waals surface area contributed by atoms with E-state index in [1.54, 1.807) is 0 Å². The van der Waals surface area contributed by atoms with Crippen LogP contribution >= 0.6 is 0 Å². The topological polar surface area (TPSA) is 104 Å². The highest BCUT2D eigenvalue weighted by Crippen LogP contribution is 2.24. The van der Waals surface area contributed by atoms with E-state index in [-0.39, 0.29) is 10.7 Å². The number of hydrogen-bond donors (Lipinski definition) is 4. The predicted molar refractivity (Wildman–Crippen MR) is 115 cm³/mol. The quantitative estimate of drug-likeness (QED) is 0.308. The van der Waals surface area contributed by atoms with Gasteiger partial charge in [-0.15, -0.1) is 0 Å². The van der Waals surface area contributed by atoms with Gasteiger partial charge in [-0.1, -0.05) is 30.3 Å². The molecule has 30 heavy (non-hydrogen) atoms. The van der Waals surface area contributed by atoms with Crippen molar-refractivity contribution in [2.75, 3.05) is 16.6 Å². The molecular formula is C21H21F2N5OS. The summed E-state index contributed by atoms with van der Waals surface area (Å²) in [7, 11) is -2.02. The average Bonchev–Trinajstić information content (AvgIpc) is 2.73. The van der Waals surface area contributed by atoms with Crippen LogP contribution < -0.4 is 15.8 Å². The number of rotatable bonds is 9. The predicted octanol–water partition coefficient (Wildman–Crippen LogP) is 3.61. The number of benzene rings is 2. The third-order valence-electron chi connectivity index (χ3n) is 4.37. The van der Waals surface area contributed by atoms with Gasteiger partial charge in [0.05, 0.1) is 4.90 Å². The molecule has 0 aliphatic rings. The molecule has 1 aromatic heterocycles. The highest BCUT2D eigenvalue weighted by atomic mass is 32.2. The van der Waals surface area contributed by atoms with Crippen molar-refractivity contribution in [2.24, 2.45) is 5.73 Å². The Balaban J connectivity index is 1.80. The fourth-order valence-corrected chi connectivity index (χ4v) is 3.80. The SMILES string of the molecule is N=Cc1cc(S(=O)Nc2cccc(F)n2)c(F)cc1NCc1ccccc1CCN. The lowest BCUT2D eigenvalue weighted by Gasteiger charge is -2.14. The Kier molecular flexibility index (Phi) is 7.21. The maximum atomic E-state index is 14.7. The molecular weight excluding hydrogens is 408 g/mol. The van der Waals surface area contributed by atoms with Crippen LogP contribution in [0, 0.1) is 17.2 Å². The zero-order chi connectivity index (χ0) is 21.5. The molecule has 3 aromatic rings. The standard InChI is InChI=1S/C21H21F2N5OS/c22-17-11-18(26-13-15-5-2-1-4-14(15)8-9-24)16(12-25)10-19(17)30(29)28-21-7-3-6-20(23)27-21/h1-7,10-12,25-26H,8-9,13,24H2,(H,27,28). The second-order valence-electron chi connectivity index (χ2n) is 6.39. The van der Waals surface area contributed by atoms with Crippen molar-refractivity contribution in [3.63, 3.8) is 0 Å². The van der Waals surface area contributed by atoms with Gasteiger partial charge in [-0.2, -0.15) is 4.39 Å². The lowest BCUT2D eigenvalue weighted by atomic mass is 10.0. The molecule has 9 heteroatoms. The van der Waals surface area contributed by atoms with Gasteiger partial charge < -0.3 is 16.5 Å². The monoisotopic (exact) mass is 429 g/mol. The van der Waals surface area contributed by atoms with Crippen molar-refractivity contribution in [1.82, 2.24) is 4.98 Å². The molecule has 156 valence electrons. The van der Waals surface area contributed by atoms with Crippen molar-refractivity contribution in [3.8, 4) is 0 Å². The maximum absolute atomic E-state index is 14.7. The van der Waals surface area contributed by atoms with E-state index in [4.69, 9.17) is 11.1 Å². The van der Waals surface area contributed by atoms with Gasteiger partial charge in [0.15, 0.2) is 11.0 Å². The molecule has 0 aliphatic heterocycles.